The number of aromatic nitrogens is 1. The van der Waals surface area contributed by atoms with Crippen molar-refractivity contribution in [3.63, 3.8) is 0 Å². The van der Waals surface area contributed by atoms with Crippen LogP contribution in [-0.4, -0.2) is 119 Å². The van der Waals surface area contributed by atoms with E-state index in [1.165, 1.54) is 35.5 Å². The Balaban J connectivity index is 1.69. The molecule has 0 aliphatic heterocycles. The molecule has 23 nitrogen and oxygen atoms in total. The molecule has 0 amide bonds. The number of hydrogen-bond acceptors (Lipinski definition) is 23. The second kappa shape index (κ2) is 25.2. The maximum Gasteiger partial charge on any atom is 0.344 e. The van der Waals surface area contributed by atoms with Crippen LogP contribution in [0.3, 0.4) is 0 Å². The van der Waals surface area contributed by atoms with E-state index >= 15 is 0 Å². The van der Waals surface area contributed by atoms with E-state index in [1.54, 1.807) is 37.3 Å². The predicted molar refractivity (Wildman–Crippen MR) is 223 cm³/mol. The molecule has 0 atom stereocenters. The molecular formula is C43H45N3O20. The fourth-order valence-electron chi connectivity index (χ4n) is 5.50. The number of benzene rings is 2. The van der Waals surface area contributed by atoms with Crippen LogP contribution >= 0.6 is 0 Å². The Morgan fingerprint density at radius 3 is 1.39 bits per heavy atom. The average Bonchev–Trinajstić information content (AvgIpc) is 3.24. The van der Waals surface area contributed by atoms with E-state index in [0.717, 1.165) is 32.6 Å². The van der Waals surface area contributed by atoms with Gasteiger partial charge in [-0.3, -0.25) is 43.3 Å². The molecule has 0 radical (unpaired) electrons. The second-order valence-corrected chi connectivity index (χ2v) is 13.5. The van der Waals surface area contributed by atoms with Crippen molar-refractivity contribution >= 4 is 70.1 Å². The monoisotopic (exact) mass is 923 g/mol. The summed E-state index contributed by atoms with van der Waals surface area (Å²) in [6.45, 7) is 0.338. The lowest BCUT2D eigenvalue weighted by atomic mass is 10.1. The van der Waals surface area contributed by atoms with Crippen LogP contribution in [-0.2, 0) is 76.3 Å². The molecule has 2 aromatic carbocycles. The van der Waals surface area contributed by atoms with Crippen molar-refractivity contribution in [2.45, 2.75) is 34.6 Å². The van der Waals surface area contributed by atoms with Gasteiger partial charge >= 0.3 is 53.4 Å². The highest BCUT2D eigenvalue weighted by molar-refractivity contribution is 5.90. The molecule has 0 saturated carbocycles. The van der Waals surface area contributed by atoms with Gasteiger partial charge in [-0.15, -0.1) is 0 Å². The minimum atomic E-state index is -0.977. The molecule has 4 rings (SSSR count). The molecule has 0 N–H and O–H groups in total. The minimum Gasteiger partial charge on any atom is -0.488 e. The first kappa shape index (κ1) is 50.4. The largest absolute Gasteiger partial charge is 0.488 e. The minimum absolute atomic E-state index is 0.00173. The zero-order chi connectivity index (χ0) is 48.2. The van der Waals surface area contributed by atoms with Gasteiger partial charge in [0.25, 0.3) is 0 Å². The summed E-state index contributed by atoms with van der Waals surface area (Å²) in [6.07, 6.45) is 2.98. The molecular weight excluding hydrogens is 878 g/mol. The Bertz CT molecular complexity index is 2390. The average molecular weight is 924 g/mol. The molecule has 0 spiro atoms. The summed E-state index contributed by atoms with van der Waals surface area (Å²) in [5.41, 5.74) is 0.840. The van der Waals surface area contributed by atoms with Gasteiger partial charge in [0.15, 0.2) is 0 Å². The maximum absolute atomic E-state index is 13.2. The Kier molecular flexibility index (Phi) is 19.2. The first-order chi connectivity index (χ1) is 31.5. The molecule has 4 aromatic rings. The summed E-state index contributed by atoms with van der Waals surface area (Å²) in [5.74, 6) is -6.46. The van der Waals surface area contributed by atoms with Crippen LogP contribution < -0.4 is 24.9 Å². The molecule has 0 bridgehead atoms. The molecule has 0 fully saturated rings. The van der Waals surface area contributed by atoms with Gasteiger partial charge in [-0.1, -0.05) is 6.07 Å². The number of carbonyl (C=O) groups is 8. The molecule has 0 aliphatic rings. The number of carbonyl (C=O) groups excluding carboxylic acids is 8. The fourth-order valence-corrected chi connectivity index (χ4v) is 5.50. The Morgan fingerprint density at radius 1 is 0.530 bits per heavy atom. The first-order valence-corrected chi connectivity index (χ1v) is 19.5. The van der Waals surface area contributed by atoms with Crippen molar-refractivity contribution in [1.82, 2.24) is 4.98 Å². The first-order valence-electron chi connectivity index (χ1n) is 19.5. The molecule has 2 aromatic heterocycles. The molecule has 23 heteroatoms. The number of anilines is 2. The van der Waals surface area contributed by atoms with E-state index in [-0.39, 0.29) is 47.2 Å². The molecule has 0 saturated heterocycles. The summed E-state index contributed by atoms with van der Waals surface area (Å²) in [7, 11) is 0. The second-order valence-electron chi connectivity index (χ2n) is 13.5. The number of aryl methyl sites for hydroxylation is 1. The molecule has 2 heterocycles. The third-order valence-corrected chi connectivity index (χ3v) is 8.41. The Labute approximate surface area is 375 Å². The Hall–Kier alpha value is -8.24. The third kappa shape index (κ3) is 16.8. The number of ether oxygens (including phenoxy) is 10. The van der Waals surface area contributed by atoms with Crippen LogP contribution in [0.15, 0.2) is 70.1 Å². The van der Waals surface area contributed by atoms with Crippen molar-refractivity contribution in [2.24, 2.45) is 0 Å². The van der Waals surface area contributed by atoms with E-state index in [0.29, 0.717) is 16.5 Å². The quantitative estimate of drug-likeness (QED) is 0.0321. The number of nitrogens with zero attached hydrogens (tertiary/aromatic N) is 3. The molecule has 66 heavy (non-hydrogen) atoms. The Morgan fingerprint density at radius 2 is 0.955 bits per heavy atom. The lowest BCUT2D eigenvalue weighted by molar-refractivity contribution is -0.167. The van der Waals surface area contributed by atoms with Crippen LogP contribution in [0.1, 0.15) is 33.3 Å². The van der Waals surface area contributed by atoms with Gasteiger partial charge in [0.2, 0.25) is 27.2 Å². The van der Waals surface area contributed by atoms with Gasteiger partial charge in [-0.25, -0.2) is 4.79 Å². The van der Waals surface area contributed by atoms with Gasteiger partial charge in [0.1, 0.15) is 56.5 Å². The smallest absolute Gasteiger partial charge is 0.344 e. The summed E-state index contributed by atoms with van der Waals surface area (Å²) < 4.78 is 56.8. The summed E-state index contributed by atoms with van der Waals surface area (Å²) in [5, 5.41) is 0.341. The van der Waals surface area contributed by atoms with Gasteiger partial charge < -0.3 is 61.6 Å². The highest BCUT2D eigenvalue weighted by atomic mass is 16.7. The van der Waals surface area contributed by atoms with Crippen LogP contribution in [0, 0.1) is 6.92 Å². The van der Waals surface area contributed by atoms with Crippen molar-refractivity contribution in [3.8, 4) is 22.6 Å². The van der Waals surface area contributed by atoms with Crippen molar-refractivity contribution in [1.29, 1.82) is 0 Å². The number of pyridine rings is 1. The van der Waals surface area contributed by atoms with Gasteiger partial charge in [-0.2, -0.15) is 0 Å². The van der Waals surface area contributed by atoms with Crippen molar-refractivity contribution < 1.29 is 90.1 Å². The van der Waals surface area contributed by atoms with Crippen LogP contribution in [0.4, 0.5) is 11.4 Å². The van der Waals surface area contributed by atoms with Gasteiger partial charge in [-0.05, 0) is 54.4 Å². The normalized spacial score (nSPS) is 10.4. The fraction of sp³-hybridized carbons (Fsp3) is 0.349. The molecule has 0 unspecified atom stereocenters. The lowest BCUT2D eigenvalue weighted by Gasteiger charge is -2.26. The summed E-state index contributed by atoms with van der Waals surface area (Å²) in [6, 6.07) is 12.4. The number of esters is 8. The van der Waals surface area contributed by atoms with Gasteiger partial charge in [0.05, 0.1) is 16.9 Å². The zero-order valence-corrected chi connectivity index (χ0v) is 36.4. The van der Waals surface area contributed by atoms with Gasteiger partial charge in [0, 0.05) is 51.5 Å². The summed E-state index contributed by atoms with van der Waals surface area (Å²) >= 11 is 0. The van der Waals surface area contributed by atoms with E-state index in [1.807, 2.05) is 0 Å². The SMILES string of the molecule is CC(=O)OCOC(=O)CN(CC(=O)OCOC(C)=O)c1ccc(C)cc1OCCOc1cc2cc(-c3ccncc3)c(=O)oc2cc1N(CC(=O)OCOC(C)=O)CC(=O)OCOC(C)=O. The van der Waals surface area contributed by atoms with Crippen LogP contribution in [0.2, 0.25) is 0 Å². The topological polar surface area (TPSA) is 278 Å². The summed E-state index contributed by atoms with van der Waals surface area (Å²) in [4.78, 5) is 116. The van der Waals surface area contributed by atoms with Crippen LogP contribution in [0.5, 0.6) is 11.5 Å². The molecule has 0 aliphatic carbocycles. The standard InChI is InChI=1S/C43H45N3O20/c1-26-6-7-34(45(18-39(51)62-22-58-27(2)47)19-40(52)63-23-59-28(3)48)37(14-26)56-12-13-57-38-16-32-15-33(31-8-10-44-11-9-31)43(55)66-36(32)17-35(38)46(20-41(53)64-24-60-29(4)49)21-42(54)65-25-61-30(5)50/h6-11,14-17H,12-13,18-25H2,1-5H3. The van der Waals surface area contributed by atoms with E-state index in [2.05, 4.69) is 14.5 Å². The number of hydrogen-bond donors (Lipinski definition) is 0. The highest BCUT2D eigenvalue weighted by Crippen LogP contribution is 2.35. The lowest BCUT2D eigenvalue weighted by Crippen LogP contribution is -2.37. The maximum atomic E-state index is 13.2. The van der Waals surface area contributed by atoms with E-state index in [4.69, 9.17) is 42.3 Å². The van der Waals surface area contributed by atoms with Crippen molar-refractivity contribution in [3.05, 3.63) is 76.9 Å². The van der Waals surface area contributed by atoms with E-state index in [9.17, 15) is 43.2 Å². The predicted octanol–water partition coefficient (Wildman–Crippen LogP) is 2.49. The van der Waals surface area contributed by atoms with Crippen LogP contribution in [0.25, 0.3) is 22.1 Å². The number of fused-ring (bicyclic) bond motifs is 1. The third-order valence-electron chi connectivity index (χ3n) is 8.41. The molecule has 352 valence electrons. The van der Waals surface area contributed by atoms with E-state index < -0.39 is 107 Å². The zero-order valence-electron chi connectivity index (χ0n) is 36.4. The number of rotatable bonds is 24. The highest BCUT2D eigenvalue weighted by Gasteiger charge is 2.25. The van der Waals surface area contributed by atoms with Crippen molar-refractivity contribution in [2.75, 3.05) is 76.4 Å².